The van der Waals surface area contributed by atoms with E-state index in [-0.39, 0.29) is 29.8 Å². The molecule has 0 fully saturated rings. The van der Waals surface area contributed by atoms with Crippen LogP contribution in [0.2, 0.25) is 0 Å². The number of fused-ring (bicyclic) bond motifs is 1. The lowest BCUT2D eigenvalue weighted by Crippen LogP contribution is -2.12. The Balaban J connectivity index is 1.46. The van der Waals surface area contributed by atoms with E-state index in [0.29, 0.717) is 53.7 Å². The van der Waals surface area contributed by atoms with Gasteiger partial charge in [0.1, 0.15) is 34.6 Å². The van der Waals surface area contributed by atoms with Crippen LogP contribution in [0.1, 0.15) is 34.7 Å². The van der Waals surface area contributed by atoms with E-state index >= 15 is 4.39 Å². The number of alkyl halides is 3. The minimum atomic E-state index is -5.14. The van der Waals surface area contributed by atoms with Gasteiger partial charge in [-0.25, -0.2) is 17.6 Å². The van der Waals surface area contributed by atoms with Gasteiger partial charge in [-0.15, -0.1) is 0 Å². The predicted octanol–water partition coefficient (Wildman–Crippen LogP) is 8.38. The third-order valence-corrected chi connectivity index (χ3v) is 6.19. The summed E-state index contributed by atoms with van der Waals surface area (Å²) < 4.78 is 101. The second-order valence-corrected chi connectivity index (χ2v) is 8.71. The van der Waals surface area contributed by atoms with Crippen molar-refractivity contribution in [3.8, 4) is 5.75 Å². The minimum absolute atomic E-state index is 0.000587. The van der Waals surface area contributed by atoms with E-state index in [1.165, 1.54) is 6.07 Å². The second-order valence-electron chi connectivity index (χ2n) is 8.71. The van der Waals surface area contributed by atoms with Gasteiger partial charge in [0, 0.05) is 11.5 Å². The quantitative estimate of drug-likeness (QED) is 0.212. The highest BCUT2D eigenvalue weighted by Gasteiger charge is 2.37. The highest BCUT2D eigenvalue weighted by Crippen LogP contribution is 2.34. The van der Waals surface area contributed by atoms with Gasteiger partial charge in [-0.05, 0) is 78.4 Å². The number of rotatable bonds is 8. The van der Waals surface area contributed by atoms with E-state index in [9.17, 15) is 26.3 Å². The van der Waals surface area contributed by atoms with E-state index in [4.69, 9.17) is 4.74 Å². The van der Waals surface area contributed by atoms with Crippen LogP contribution < -0.4 is 4.74 Å². The van der Waals surface area contributed by atoms with Gasteiger partial charge in [-0.3, -0.25) is 0 Å². The summed E-state index contributed by atoms with van der Waals surface area (Å²) >= 11 is 0. The van der Waals surface area contributed by atoms with Crippen molar-refractivity contribution < 1.29 is 35.5 Å². The fourth-order valence-corrected chi connectivity index (χ4v) is 4.32. The van der Waals surface area contributed by atoms with E-state index < -0.39 is 29.2 Å². The first kappa shape index (κ1) is 26.5. The third kappa shape index (κ3) is 6.06. The van der Waals surface area contributed by atoms with Crippen LogP contribution in [0.5, 0.6) is 5.75 Å². The van der Waals surface area contributed by atoms with Crippen molar-refractivity contribution in [2.24, 2.45) is 0 Å². The lowest BCUT2D eigenvalue weighted by atomic mass is 9.97. The molecule has 0 atom stereocenters. The molecule has 0 aliphatic rings. The SMILES string of the molecule is CCOc1ccc(CCc2ccc3c(F)c(CCc4cc(F)c(C(F)(F)F)c(F)c4)ccc3c2)c(F)c1. The van der Waals surface area contributed by atoms with Crippen molar-refractivity contribution in [3.63, 3.8) is 0 Å². The summed E-state index contributed by atoms with van der Waals surface area (Å²) in [5, 5.41) is 0.982. The molecule has 0 aliphatic carbocycles. The first-order valence-corrected chi connectivity index (χ1v) is 11.7. The average molecular weight is 520 g/mol. The maximum absolute atomic E-state index is 15.1. The van der Waals surface area contributed by atoms with Crippen molar-refractivity contribution in [1.29, 1.82) is 0 Å². The molecule has 0 amide bonds. The molecule has 0 saturated heterocycles. The Labute approximate surface area is 209 Å². The largest absolute Gasteiger partial charge is 0.494 e. The third-order valence-electron chi connectivity index (χ3n) is 6.19. The summed E-state index contributed by atoms with van der Waals surface area (Å²) in [6, 6.07) is 14.5. The predicted molar refractivity (Wildman–Crippen MR) is 128 cm³/mol. The highest BCUT2D eigenvalue weighted by molar-refractivity contribution is 5.84. The molecule has 4 aromatic carbocycles. The van der Waals surface area contributed by atoms with Crippen LogP contribution in [0.3, 0.4) is 0 Å². The number of hydrogen-bond acceptors (Lipinski definition) is 1. The van der Waals surface area contributed by atoms with Gasteiger partial charge in [0.25, 0.3) is 0 Å². The van der Waals surface area contributed by atoms with Crippen molar-refractivity contribution >= 4 is 10.8 Å². The second kappa shape index (κ2) is 10.8. The van der Waals surface area contributed by atoms with Crippen LogP contribution in [-0.2, 0) is 31.9 Å². The van der Waals surface area contributed by atoms with E-state index in [1.807, 2.05) is 13.0 Å². The summed E-state index contributed by atoms with van der Waals surface area (Å²) in [5.41, 5.74) is -0.226. The van der Waals surface area contributed by atoms with Gasteiger partial charge in [0.05, 0.1) is 6.61 Å². The Morgan fingerprint density at radius 3 is 1.95 bits per heavy atom. The summed E-state index contributed by atoms with van der Waals surface area (Å²) in [6.07, 6.45) is -4.15. The molecule has 0 heterocycles. The Kier molecular flexibility index (Phi) is 7.76. The van der Waals surface area contributed by atoms with Crippen LogP contribution in [0.4, 0.5) is 30.7 Å². The van der Waals surface area contributed by atoms with Crippen molar-refractivity contribution in [3.05, 3.63) is 112 Å². The first-order valence-electron chi connectivity index (χ1n) is 11.7. The molecule has 0 bridgehead atoms. The zero-order valence-corrected chi connectivity index (χ0v) is 19.9. The Bertz CT molecular complexity index is 1400. The van der Waals surface area contributed by atoms with Gasteiger partial charge in [-0.1, -0.05) is 36.4 Å². The van der Waals surface area contributed by atoms with Crippen LogP contribution in [0.15, 0.2) is 60.7 Å². The smallest absolute Gasteiger partial charge is 0.422 e. The fourth-order valence-electron chi connectivity index (χ4n) is 4.32. The molecule has 0 N–H and O–H groups in total. The molecule has 0 aliphatic heterocycles. The maximum atomic E-state index is 15.1. The van der Waals surface area contributed by atoms with Crippen LogP contribution >= 0.6 is 0 Å². The van der Waals surface area contributed by atoms with E-state index in [2.05, 4.69) is 0 Å². The molecular weight excluding hydrogens is 497 g/mol. The molecule has 0 spiro atoms. The summed E-state index contributed by atoms with van der Waals surface area (Å²) in [7, 11) is 0. The molecule has 0 saturated carbocycles. The molecule has 0 aromatic heterocycles. The molecule has 4 aromatic rings. The summed E-state index contributed by atoms with van der Waals surface area (Å²) in [6.45, 7) is 2.26. The standard InChI is InChI=1S/C29H23F7O/c1-2-37-22-11-10-19(24(30)16-22)6-3-17-5-12-23-21(13-17)9-8-20(28(23)33)7-4-18-14-25(31)27(26(32)15-18)29(34,35)36/h5,8-16H,2-4,6-7H2,1H3. The van der Waals surface area contributed by atoms with Gasteiger partial charge in [-0.2, -0.15) is 13.2 Å². The minimum Gasteiger partial charge on any atom is -0.494 e. The van der Waals surface area contributed by atoms with Crippen LogP contribution in [0.25, 0.3) is 10.8 Å². The number of benzene rings is 4. The molecule has 1 nitrogen and oxygen atoms in total. The lowest BCUT2D eigenvalue weighted by molar-refractivity contribution is -0.142. The lowest BCUT2D eigenvalue weighted by Gasteiger charge is -2.12. The topological polar surface area (TPSA) is 9.23 Å². The zero-order chi connectivity index (χ0) is 26.7. The Hall–Kier alpha value is -3.55. The van der Waals surface area contributed by atoms with Gasteiger partial charge < -0.3 is 4.74 Å². The number of hydrogen-bond donors (Lipinski definition) is 0. The average Bonchev–Trinajstić information content (AvgIpc) is 2.82. The highest BCUT2D eigenvalue weighted by atomic mass is 19.4. The van der Waals surface area contributed by atoms with Gasteiger partial charge in [0.15, 0.2) is 0 Å². The number of halogens is 7. The molecule has 37 heavy (non-hydrogen) atoms. The van der Waals surface area contributed by atoms with E-state index in [0.717, 1.165) is 5.56 Å². The van der Waals surface area contributed by atoms with Crippen molar-refractivity contribution in [1.82, 2.24) is 0 Å². The Morgan fingerprint density at radius 1 is 0.649 bits per heavy atom. The van der Waals surface area contributed by atoms with Crippen LogP contribution in [0, 0.1) is 23.3 Å². The van der Waals surface area contributed by atoms with Gasteiger partial charge >= 0.3 is 6.18 Å². The fraction of sp³-hybridized carbons (Fsp3) is 0.241. The molecular formula is C29H23F7O. The molecule has 0 radical (unpaired) electrons. The molecule has 0 unspecified atom stereocenters. The number of aryl methyl sites for hydroxylation is 4. The van der Waals surface area contributed by atoms with Crippen LogP contribution in [-0.4, -0.2) is 6.61 Å². The Morgan fingerprint density at radius 2 is 1.30 bits per heavy atom. The maximum Gasteiger partial charge on any atom is 0.422 e. The van der Waals surface area contributed by atoms with Crippen molar-refractivity contribution in [2.45, 2.75) is 38.8 Å². The molecule has 194 valence electrons. The normalized spacial score (nSPS) is 11.8. The summed E-state index contributed by atoms with van der Waals surface area (Å²) in [5.74, 6) is -3.78. The van der Waals surface area contributed by atoms with Gasteiger partial charge in [0.2, 0.25) is 0 Å². The molecule has 8 heteroatoms. The molecule has 4 rings (SSSR count). The zero-order valence-electron chi connectivity index (χ0n) is 19.9. The monoisotopic (exact) mass is 520 g/mol. The van der Waals surface area contributed by atoms with E-state index in [1.54, 1.807) is 36.4 Å². The number of ether oxygens (including phenoxy) is 1. The van der Waals surface area contributed by atoms with Crippen molar-refractivity contribution in [2.75, 3.05) is 6.61 Å². The first-order chi connectivity index (χ1) is 17.6. The summed E-state index contributed by atoms with van der Waals surface area (Å²) in [4.78, 5) is 0.